The van der Waals surface area contributed by atoms with Crippen LogP contribution in [0, 0.1) is 6.92 Å². The van der Waals surface area contributed by atoms with Gasteiger partial charge in [-0.2, -0.15) is 0 Å². The molecule has 2 atom stereocenters. The maximum absolute atomic E-state index is 14.1. The molecule has 1 saturated heterocycles. The molecule has 3 heterocycles. The third kappa shape index (κ3) is 3.61. The van der Waals surface area contributed by atoms with Gasteiger partial charge in [-0.05, 0) is 42.7 Å². The molecular formula is C30H28N4O3. The van der Waals surface area contributed by atoms with Gasteiger partial charge in [0.15, 0.2) is 0 Å². The average molecular weight is 493 g/mol. The summed E-state index contributed by atoms with van der Waals surface area (Å²) in [5, 5.41) is 3.93. The van der Waals surface area contributed by atoms with Crippen molar-refractivity contribution < 1.29 is 14.4 Å². The Labute approximate surface area is 215 Å². The number of carbonyl (C=O) groups is 3. The Kier molecular flexibility index (Phi) is 5.56. The summed E-state index contributed by atoms with van der Waals surface area (Å²) < 4.78 is 0. The maximum Gasteiger partial charge on any atom is 0.332 e. The summed E-state index contributed by atoms with van der Waals surface area (Å²) in [6.07, 6.45) is 1.20. The van der Waals surface area contributed by atoms with Gasteiger partial charge in [0, 0.05) is 29.6 Å². The molecule has 0 unspecified atom stereocenters. The van der Waals surface area contributed by atoms with E-state index in [-0.39, 0.29) is 11.8 Å². The van der Waals surface area contributed by atoms with Crippen LogP contribution in [0.15, 0.2) is 72.8 Å². The van der Waals surface area contributed by atoms with Crippen LogP contribution in [0.5, 0.6) is 0 Å². The SMILES string of the molecule is CCCNC(=O)c1ccccc1N1C(=O)[C@@H]2Cc3c([nH]c4ccccc34)[C@@H](c3ccc(C)cc3)N2C1=O. The summed E-state index contributed by atoms with van der Waals surface area (Å²) in [6.45, 7) is 4.51. The van der Waals surface area contributed by atoms with Gasteiger partial charge in [0.1, 0.15) is 12.1 Å². The van der Waals surface area contributed by atoms with Crippen molar-refractivity contribution >= 4 is 34.4 Å². The second-order valence-electron chi connectivity index (χ2n) is 9.73. The van der Waals surface area contributed by atoms with E-state index in [1.807, 2.05) is 56.3 Å². The van der Waals surface area contributed by atoms with Gasteiger partial charge in [0.05, 0.1) is 11.3 Å². The van der Waals surface area contributed by atoms with E-state index in [1.54, 1.807) is 29.2 Å². The fourth-order valence-electron chi connectivity index (χ4n) is 5.59. The molecule has 2 aliphatic rings. The Morgan fingerprint density at radius 2 is 1.73 bits per heavy atom. The Morgan fingerprint density at radius 1 is 1.00 bits per heavy atom. The Bertz CT molecular complexity index is 1540. The van der Waals surface area contributed by atoms with E-state index in [9.17, 15) is 14.4 Å². The van der Waals surface area contributed by atoms with Gasteiger partial charge in [-0.3, -0.25) is 14.5 Å². The maximum atomic E-state index is 14.1. The van der Waals surface area contributed by atoms with Gasteiger partial charge in [0.25, 0.3) is 11.8 Å². The number of fused-ring (bicyclic) bond motifs is 4. The van der Waals surface area contributed by atoms with E-state index in [0.29, 0.717) is 24.2 Å². The zero-order valence-corrected chi connectivity index (χ0v) is 20.8. The highest BCUT2D eigenvalue weighted by Gasteiger charge is 2.53. The van der Waals surface area contributed by atoms with Crippen LogP contribution < -0.4 is 10.2 Å². The number of rotatable bonds is 5. The first kappa shape index (κ1) is 23.0. The first-order valence-electron chi connectivity index (χ1n) is 12.7. The van der Waals surface area contributed by atoms with Crippen molar-refractivity contribution in [3.05, 3.63) is 101 Å². The van der Waals surface area contributed by atoms with Crippen LogP contribution in [-0.4, -0.2) is 40.3 Å². The number of aryl methyl sites for hydroxylation is 1. The molecule has 0 aliphatic carbocycles. The van der Waals surface area contributed by atoms with Crippen LogP contribution in [0.4, 0.5) is 10.5 Å². The van der Waals surface area contributed by atoms with Crippen molar-refractivity contribution in [1.82, 2.24) is 15.2 Å². The average Bonchev–Trinajstić information content (AvgIpc) is 3.41. The van der Waals surface area contributed by atoms with E-state index < -0.39 is 18.1 Å². The third-order valence-corrected chi connectivity index (χ3v) is 7.37. The van der Waals surface area contributed by atoms with Gasteiger partial charge < -0.3 is 10.3 Å². The standard InChI is InChI=1S/C30H28N4O3/c1-3-16-31-28(35)21-9-5-7-11-24(21)34-29(36)25-17-22-20-8-4-6-10-23(20)32-26(22)27(33(25)30(34)37)19-14-12-18(2)13-15-19/h4-15,25,27,32H,3,16-17H2,1-2H3,(H,31,35)/t25-,27+/m0/s1. The molecular weight excluding hydrogens is 464 g/mol. The molecule has 0 bridgehead atoms. The predicted octanol–water partition coefficient (Wildman–Crippen LogP) is 5.10. The lowest BCUT2D eigenvalue weighted by Crippen LogP contribution is -2.44. The lowest BCUT2D eigenvalue weighted by Gasteiger charge is -2.36. The Balaban J connectivity index is 1.49. The van der Waals surface area contributed by atoms with Crippen molar-refractivity contribution in [2.24, 2.45) is 0 Å². The number of imide groups is 1. The number of amides is 4. The highest BCUT2D eigenvalue weighted by molar-refractivity contribution is 6.24. The van der Waals surface area contributed by atoms with Crippen molar-refractivity contribution in [3.8, 4) is 0 Å². The molecule has 2 N–H and O–H groups in total. The number of nitrogens with one attached hydrogen (secondary N) is 2. The molecule has 186 valence electrons. The van der Waals surface area contributed by atoms with Crippen LogP contribution in [0.3, 0.4) is 0 Å². The van der Waals surface area contributed by atoms with Crippen LogP contribution in [-0.2, 0) is 11.2 Å². The minimum absolute atomic E-state index is 0.297. The fourth-order valence-corrected chi connectivity index (χ4v) is 5.59. The number of urea groups is 1. The minimum atomic E-state index is -0.669. The number of anilines is 1. The van der Waals surface area contributed by atoms with Crippen LogP contribution in [0.1, 0.15) is 52.1 Å². The molecule has 7 heteroatoms. The molecule has 4 aromatic rings. The van der Waals surface area contributed by atoms with Gasteiger partial charge in [-0.1, -0.05) is 67.1 Å². The predicted molar refractivity (Wildman–Crippen MR) is 143 cm³/mol. The fraction of sp³-hybridized carbons (Fsp3) is 0.233. The number of aromatic amines is 1. The number of aromatic nitrogens is 1. The van der Waals surface area contributed by atoms with E-state index in [0.717, 1.165) is 39.7 Å². The smallest absolute Gasteiger partial charge is 0.332 e. The molecule has 4 amide bonds. The summed E-state index contributed by atoms with van der Waals surface area (Å²) in [5.41, 5.74) is 5.65. The number of benzene rings is 3. The molecule has 0 saturated carbocycles. The van der Waals surface area contributed by atoms with Crippen molar-refractivity contribution in [1.29, 1.82) is 0 Å². The van der Waals surface area contributed by atoms with Gasteiger partial charge in [-0.15, -0.1) is 0 Å². The van der Waals surface area contributed by atoms with Crippen LogP contribution >= 0.6 is 0 Å². The van der Waals surface area contributed by atoms with Crippen molar-refractivity contribution in [2.75, 3.05) is 11.4 Å². The highest BCUT2D eigenvalue weighted by atomic mass is 16.2. The van der Waals surface area contributed by atoms with E-state index in [2.05, 4.69) is 16.4 Å². The molecule has 0 radical (unpaired) electrons. The lowest BCUT2D eigenvalue weighted by molar-refractivity contribution is -0.120. The van der Waals surface area contributed by atoms with Crippen LogP contribution in [0.2, 0.25) is 0 Å². The molecule has 2 aliphatic heterocycles. The molecule has 37 heavy (non-hydrogen) atoms. The largest absolute Gasteiger partial charge is 0.356 e. The monoisotopic (exact) mass is 492 g/mol. The lowest BCUT2D eigenvalue weighted by atomic mass is 9.88. The van der Waals surface area contributed by atoms with E-state index in [4.69, 9.17) is 0 Å². The van der Waals surface area contributed by atoms with Crippen LogP contribution in [0.25, 0.3) is 10.9 Å². The van der Waals surface area contributed by atoms with E-state index >= 15 is 0 Å². The second-order valence-corrected chi connectivity index (χ2v) is 9.73. The number of hydrogen-bond acceptors (Lipinski definition) is 3. The number of H-pyrrole nitrogens is 1. The normalized spacial score (nSPS) is 18.8. The first-order chi connectivity index (χ1) is 18.0. The minimum Gasteiger partial charge on any atom is -0.356 e. The van der Waals surface area contributed by atoms with Crippen molar-refractivity contribution in [2.45, 2.75) is 38.8 Å². The summed E-state index contributed by atoms with van der Waals surface area (Å²) >= 11 is 0. The Morgan fingerprint density at radius 3 is 2.51 bits per heavy atom. The third-order valence-electron chi connectivity index (χ3n) is 7.37. The summed E-state index contributed by atoms with van der Waals surface area (Å²) in [5.74, 6) is -0.608. The topological polar surface area (TPSA) is 85.5 Å². The Hall–Kier alpha value is -4.39. The van der Waals surface area contributed by atoms with Crippen molar-refractivity contribution in [3.63, 3.8) is 0 Å². The second kappa shape index (κ2) is 8.92. The molecule has 1 aromatic heterocycles. The van der Waals surface area contributed by atoms with Gasteiger partial charge in [0.2, 0.25) is 0 Å². The zero-order chi connectivity index (χ0) is 25.7. The summed E-state index contributed by atoms with van der Waals surface area (Å²) in [6, 6.07) is 21.4. The number of carbonyl (C=O) groups excluding carboxylic acids is 3. The van der Waals surface area contributed by atoms with E-state index in [1.165, 1.54) is 4.90 Å². The van der Waals surface area contributed by atoms with Gasteiger partial charge in [-0.25, -0.2) is 9.69 Å². The number of hydrogen-bond donors (Lipinski definition) is 2. The summed E-state index contributed by atoms with van der Waals surface area (Å²) in [4.78, 5) is 47.4. The molecule has 7 nitrogen and oxygen atoms in total. The van der Waals surface area contributed by atoms with Gasteiger partial charge >= 0.3 is 6.03 Å². The number of nitrogens with zero attached hydrogens (tertiary/aromatic N) is 2. The molecule has 1 fully saturated rings. The summed E-state index contributed by atoms with van der Waals surface area (Å²) in [7, 11) is 0. The highest BCUT2D eigenvalue weighted by Crippen LogP contribution is 2.45. The zero-order valence-electron chi connectivity index (χ0n) is 20.8. The number of para-hydroxylation sites is 2. The quantitative estimate of drug-likeness (QED) is 0.380. The molecule has 6 rings (SSSR count). The molecule has 0 spiro atoms. The molecule has 3 aromatic carbocycles. The first-order valence-corrected chi connectivity index (χ1v) is 12.7.